The van der Waals surface area contributed by atoms with Crippen molar-refractivity contribution in [3.63, 3.8) is 0 Å². The molecule has 1 aliphatic rings. The highest BCUT2D eigenvalue weighted by molar-refractivity contribution is 7.99. The number of aromatic nitrogens is 3. The van der Waals surface area contributed by atoms with E-state index in [9.17, 15) is 9.18 Å². The highest BCUT2D eigenvalue weighted by atomic mass is 32.2. The Morgan fingerprint density at radius 1 is 1.19 bits per heavy atom. The molecule has 0 N–H and O–H groups in total. The van der Waals surface area contributed by atoms with Crippen molar-refractivity contribution in [3.05, 3.63) is 59.9 Å². The van der Waals surface area contributed by atoms with Crippen molar-refractivity contribution < 1.29 is 9.18 Å². The van der Waals surface area contributed by atoms with Gasteiger partial charge in [-0.2, -0.15) is 0 Å². The van der Waals surface area contributed by atoms with E-state index in [1.165, 1.54) is 29.5 Å². The minimum Gasteiger partial charge on any atom is -0.308 e. The Hall–Kier alpha value is -2.67. The molecule has 1 aliphatic heterocycles. The molecule has 4 rings (SSSR count). The second kappa shape index (κ2) is 7.15. The van der Waals surface area contributed by atoms with E-state index >= 15 is 0 Å². The van der Waals surface area contributed by atoms with E-state index in [4.69, 9.17) is 0 Å². The highest BCUT2D eigenvalue weighted by Gasteiger charge is 2.30. The van der Waals surface area contributed by atoms with Crippen LogP contribution in [0.2, 0.25) is 0 Å². The molecule has 0 radical (unpaired) electrons. The summed E-state index contributed by atoms with van der Waals surface area (Å²) in [6.45, 7) is 2.07. The Kier molecular flexibility index (Phi) is 4.70. The maximum atomic E-state index is 13.1. The zero-order valence-corrected chi connectivity index (χ0v) is 15.9. The molecule has 0 bridgehead atoms. The van der Waals surface area contributed by atoms with Crippen molar-refractivity contribution in [3.8, 4) is 11.4 Å². The number of nitrogens with zero attached hydrogens (tertiary/aromatic N) is 4. The van der Waals surface area contributed by atoms with Gasteiger partial charge < -0.3 is 9.47 Å². The summed E-state index contributed by atoms with van der Waals surface area (Å²) < 4.78 is 14.9. The first-order chi connectivity index (χ1) is 13.0. The third-order valence-electron chi connectivity index (χ3n) is 4.74. The Balaban J connectivity index is 1.48. The molecular weight excluding hydrogens is 363 g/mol. The Morgan fingerprint density at radius 2 is 1.93 bits per heavy atom. The average molecular weight is 382 g/mol. The van der Waals surface area contributed by atoms with E-state index in [2.05, 4.69) is 23.2 Å². The minimum atomic E-state index is -0.291. The minimum absolute atomic E-state index is 0.0591. The van der Waals surface area contributed by atoms with Crippen LogP contribution in [-0.2, 0) is 18.3 Å². The van der Waals surface area contributed by atoms with Gasteiger partial charge in [-0.3, -0.25) is 4.79 Å². The van der Waals surface area contributed by atoms with Crippen LogP contribution in [0.25, 0.3) is 11.4 Å². The number of carbonyl (C=O) groups excluding carboxylic acids is 1. The third-order valence-corrected chi connectivity index (χ3v) is 5.74. The number of hydrogen-bond donors (Lipinski definition) is 0. The van der Waals surface area contributed by atoms with E-state index in [-0.39, 0.29) is 23.5 Å². The van der Waals surface area contributed by atoms with Crippen LogP contribution in [0, 0.1) is 5.82 Å². The molecule has 2 aromatic carbocycles. The maximum absolute atomic E-state index is 13.1. The summed E-state index contributed by atoms with van der Waals surface area (Å²) >= 11 is 1.36. The zero-order chi connectivity index (χ0) is 19.0. The fourth-order valence-electron chi connectivity index (χ4n) is 3.43. The monoisotopic (exact) mass is 382 g/mol. The first-order valence-corrected chi connectivity index (χ1v) is 9.71. The molecule has 3 aromatic rings. The first kappa shape index (κ1) is 17.7. The standard InChI is InChI=1S/C20H19FN4OS/c1-13-11-15-5-3-4-6-17(15)25(13)18(26)12-27-20-23-22-19(24(20)2)14-7-9-16(21)10-8-14/h3-10,13H,11-12H2,1-2H3/t13-/m1/s1. The normalized spacial score (nSPS) is 15.8. The number of para-hydroxylation sites is 1. The largest absolute Gasteiger partial charge is 0.308 e. The fourth-order valence-corrected chi connectivity index (χ4v) is 4.20. The molecule has 0 fully saturated rings. The van der Waals surface area contributed by atoms with Crippen LogP contribution < -0.4 is 4.90 Å². The number of amides is 1. The van der Waals surface area contributed by atoms with Gasteiger partial charge >= 0.3 is 0 Å². The average Bonchev–Trinajstić information content (AvgIpc) is 3.19. The van der Waals surface area contributed by atoms with Gasteiger partial charge in [0.15, 0.2) is 11.0 Å². The molecule has 27 heavy (non-hydrogen) atoms. The lowest BCUT2D eigenvalue weighted by Gasteiger charge is -2.22. The van der Waals surface area contributed by atoms with Crippen LogP contribution in [0.1, 0.15) is 12.5 Å². The van der Waals surface area contributed by atoms with Crippen LogP contribution in [0.4, 0.5) is 10.1 Å². The van der Waals surface area contributed by atoms with Crippen molar-refractivity contribution in [2.75, 3.05) is 10.7 Å². The molecule has 0 saturated carbocycles. The summed E-state index contributed by atoms with van der Waals surface area (Å²) in [5.41, 5.74) is 2.99. The number of halogens is 1. The van der Waals surface area contributed by atoms with Gasteiger partial charge in [0.2, 0.25) is 5.91 Å². The van der Waals surface area contributed by atoms with Crippen molar-refractivity contribution in [2.45, 2.75) is 24.5 Å². The topological polar surface area (TPSA) is 51.0 Å². The van der Waals surface area contributed by atoms with Gasteiger partial charge in [0, 0.05) is 24.3 Å². The predicted molar refractivity (Wildman–Crippen MR) is 104 cm³/mol. The van der Waals surface area contributed by atoms with Crippen molar-refractivity contribution in [2.24, 2.45) is 7.05 Å². The number of rotatable bonds is 4. The molecule has 5 nitrogen and oxygen atoms in total. The molecule has 0 saturated heterocycles. The van der Waals surface area contributed by atoms with Crippen LogP contribution in [-0.4, -0.2) is 32.5 Å². The first-order valence-electron chi connectivity index (χ1n) is 8.72. The SMILES string of the molecule is C[C@@H]1Cc2ccccc2N1C(=O)CSc1nnc(-c2ccc(F)cc2)n1C. The van der Waals surface area contributed by atoms with Crippen LogP contribution in [0.3, 0.4) is 0 Å². The quantitative estimate of drug-likeness (QED) is 0.646. The van der Waals surface area contributed by atoms with Crippen molar-refractivity contribution in [1.82, 2.24) is 14.8 Å². The zero-order valence-electron chi connectivity index (χ0n) is 15.1. The van der Waals surface area contributed by atoms with E-state index in [0.29, 0.717) is 11.0 Å². The van der Waals surface area contributed by atoms with Gasteiger partial charge in [0.25, 0.3) is 0 Å². The number of carbonyl (C=O) groups is 1. The van der Waals surface area contributed by atoms with E-state index in [1.807, 2.05) is 34.7 Å². The molecule has 2 heterocycles. The summed E-state index contributed by atoms with van der Waals surface area (Å²) in [7, 11) is 1.85. The summed E-state index contributed by atoms with van der Waals surface area (Å²) in [4.78, 5) is 14.7. The number of thioether (sulfide) groups is 1. The summed E-state index contributed by atoms with van der Waals surface area (Å²) in [5, 5.41) is 9.03. The Labute approximate surface area is 161 Å². The molecule has 0 unspecified atom stereocenters. The highest BCUT2D eigenvalue weighted by Crippen LogP contribution is 2.33. The van der Waals surface area contributed by atoms with Gasteiger partial charge in [-0.05, 0) is 49.2 Å². The van der Waals surface area contributed by atoms with E-state index < -0.39 is 0 Å². The predicted octanol–water partition coefficient (Wildman–Crippen LogP) is 3.69. The molecule has 1 amide bonds. The number of fused-ring (bicyclic) bond motifs is 1. The maximum Gasteiger partial charge on any atom is 0.237 e. The number of anilines is 1. The van der Waals surface area contributed by atoms with Gasteiger partial charge in [-0.25, -0.2) is 4.39 Å². The van der Waals surface area contributed by atoms with Crippen molar-refractivity contribution >= 4 is 23.4 Å². The summed E-state index contributed by atoms with van der Waals surface area (Å²) in [5.74, 6) is 0.698. The smallest absolute Gasteiger partial charge is 0.237 e. The lowest BCUT2D eigenvalue weighted by Crippen LogP contribution is -2.37. The molecular formula is C20H19FN4OS. The molecule has 0 aliphatic carbocycles. The molecule has 138 valence electrons. The Morgan fingerprint density at radius 3 is 2.70 bits per heavy atom. The Bertz CT molecular complexity index is 986. The van der Waals surface area contributed by atoms with Crippen LogP contribution in [0.5, 0.6) is 0 Å². The third kappa shape index (κ3) is 3.35. The molecule has 7 heteroatoms. The summed E-state index contributed by atoms with van der Waals surface area (Å²) in [6, 6.07) is 14.3. The van der Waals surface area contributed by atoms with Crippen molar-refractivity contribution in [1.29, 1.82) is 0 Å². The molecule has 0 spiro atoms. The second-order valence-corrected chi connectivity index (χ2v) is 7.55. The lowest BCUT2D eigenvalue weighted by atomic mass is 10.1. The number of hydrogen-bond acceptors (Lipinski definition) is 4. The summed E-state index contributed by atoms with van der Waals surface area (Å²) in [6.07, 6.45) is 0.880. The second-order valence-electron chi connectivity index (χ2n) is 6.61. The van der Waals surface area contributed by atoms with Gasteiger partial charge in [-0.15, -0.1) is 10.2 Å². The number of benzene rings is 2. The van der Waals surface area contributed by atoms with Crippen LogP contribution >= 0.6 is 11.8 Å². The fraction of sp³-hybridized carbons (Fsp3) is 0.250. The lowest BCUT2D eigenvalue weighted by molar-refractivity contribution is -0.116. The van der Waals surface area contributed by atoms with Gasteiger partial charge in [0.05, 0.1) is 5.75 Å². The van der Waals surface area contributed by atoms with Crippen LogP contribution in [0.15, 0.2) is 53.7 Å². The van der Waals surface area contributed by atoms with Gasteiger partial charge in [-0.1, -0.05) is 30.0 Å². The molecule has 1 aromatic heterocycles. The van der Waals surface area contributed by atoms with E-state index in [0.717, 1.165) is 17.7 Å². The van der Waals surface area contributed by atoms with Gasteiger partial charge in [0.1, 0.15) is 5.82 Å². The van der Waals surface area contributed by atoms with E-state index in [1.54, 1.807) is 12.1 Å². The molecule has 1 atom stereocenters.